The maximum Gasteiger partial charge on any atom is 0.323 e. The molecule has 2 aromatic carbocycles. The molecule has 0 spiro atoms. The van der Waals surface area contributed by atoms with Crippen LogP contribution in [0.2, 0.25) is 0 Å². The summed E-state index contributed by atoms with van der Waals surface area (Å²) in [5, 5.41) is 5.01. The van der Waals surface area contributed by atoms with Crippen molar-refractivity contribution in [1.82, 2.24) is 9.38 Å². The summed E-state index contributed by atoms with van der Waals surface area (Å²) in [4.78, 5) is 16.8. The van der Waals surface area contributed by atoms with Gasteiger partial charge in [0.15, 0.2) is 0 Å². The van der Waals surface area contributed by atoms with Gasteiger partial charge in [-0.1, -0.05) is 18.2 Å². The molecule has 0 aliphatic heterocycles. The zero-order valence-corrected chi connectivity index (χ0v) is 14.9. The number of hydrogen-bond acceptors (Lipinski definition) is 2. The number of rotatable bonds is 3. The van der Waals surface area contributed by atoms with Gasteiger partial charge in [0.05, 0.1) is 11.4 Å². The second kappa shape index (κ2) is 7.11. The van der Waals surface area contributed by atoms with Crippen LogP contribution in [0.25, 0.3) is 16.9 Å². The largest absolute Gasteiger partial charge is 0.323 e. The Morgan fingerprint density at radius 3 is 2.68 bits per heavy atom. The summed E-state index contributed by atoms with van der Waals surface area (Å²) in [6, 6.07) is 13.4. The molecule has 0 unspecified atom stereocenters. The first-order valence-corrected chi connectivity index (χ1v) is 8.57. The van der Waals surface area contributed by atoms with E-state index in [0.717, 1.165) is 28.5 Å². The van der Waals surface area contributed by atoms with Crippen LogP contribution >= 0.6 is 0 Å². The maximum atomic E-state index is 13.7. The predicted octanol–water partition coefficient (Wildman–Crippen LogP) is 5.23. The number of aryl methyl sites for hydroxylation is 1. The van der Waals surface area contributed by atoms with Crippen molar-refractivity contribution in [2.24, 2.45) is 0 Å². The lowest BCUT2D eigenvalue weighted by molar-refractivity contribution is 0.262. The number of amides is 2. The molecule has 140 valence electrons. The molecule has 5 nitrogen and oxygen atoms in total. The van der Waals surface area contributed by atoms with Crippen molar-refractivity contribution in [3.05, 3.63) is 84.2 Å². The summed E-state index contributed by atoms with van der Waals surface area (Å²) in [7, 11) is 0. The number of nitrogens with one attached hydrogen (secondary N) is 2. The third kappa shape index (κ3) is 3.55. The third-order valence-corrected chi connectivity index (χ3v) is 4.27. The highest BCUT2D eigenvalue weighted by Crippen LogP contribution is 2.24. The zero-order chi connectivity index (χ0) is 19.7. The molecule has 2 amide bonds. The van der Waals surface area contributed by atoms with Gasteiger partial charge in [0.2, 0.25) is 0 Å². The lowest BCUT2D eigenvalue weighted by Crippen LogP contribution is -2.20. The molecule has 0 atom stereocenters. The van der Waals surface area contributed by atoms with Crippen LogP contribution in [0.5, 0.6) is 0 Å². The van der Waals surface area contributed by atoms with Crippen LogP contribution in [0, 0.1) is 18.6 Å². The van der Waals surface area contributed by atoms with Gasteiger partial charge >= 0.3 is 6.03 Å². The van der Waals surface area contributed by atoms with E-state index in [9.17, 15) is 13.6 Å². The first-order chi connectivity index (χ1) is 13.5. The second-order valence-electron chi connectivity index (χ2n) is 6.33. The number of carbonyl (C=O) groups excluding carboxylic acids is 1. The standard InChI is InChI=1S/C21H16F2N4O/c1-13-4-3-9-27-12-19(25-20(13)27)14-5-2-6-16(10-14)24-21(28)26-18-8-7-15(22)11-17(18)23/h2-12H,1H3,(H2,24,26,28). The number of pyridine rings is 1. The Balaban J connectivity index is 1.54. The number of imidazole rings is 1. The molecule has 0 radical (unpaired) electrons. The van der Waals surface area contributed by atoms with E-state index in [1.165, 1.54) is 6.07 Å². The molecule has 28 heavy (non-hydrogen) atoms. The summed E-state index contributed by atoms with van der Waals surface area (Å²) < 4.78 is 28.6. The molecular weight excluding hydrogens is 362 g/mol. The van der Waals surface area contributed by atoms with Crippen molar-refractivity contribution in [2.75, 3.05) is 10.6 Å². The van der Waals surface area contributed by atoms with E-state index < -0.39 is 17.7 Å². The van der Waals surface area contributed by atoms with Crippen molar-refractivity contribution in [3.63, 3.8) is 0 Å². The van der Waals surface area contributed by atoms with Gasteiger partial charge < -0.3 is 15.0 Å². The number of nitrogens with zero attached hydrogens (tertiary/aromatic N) is 2. The second-order valence-corrected chi connectivity index (χ2v) is 6.33. The maximum absolute atomic E-state index is 13.7. The van der Waals surface area contributed by atoms with Crippen LogP contribution in [0.3, 0.4) is 0 Å². The molecule has 4 aromatic rings. The predicted molar refractivity (Wildman–Crippen MR) is 104 cm³/mol. The minimum absolute atomic E-state index is 0.106. The van der Waals surface area contributed by atoms with E-state index in [1.807, 2.05) is 41.9 Å². The van der Waals surface area contributed by atoms with Gasteiger partial charge in [0.25, 0.3) is 0 Å². The molecule has 2 heterocycles. The van der Waals surface area contributed by atoms with Crippen molar-refractivity contribution in [1.29, 1.82) is 0 Å². The van der Waals surface area contributed by atoms with Gasteiger partial charge in [-0.3, -0.25) is 0 Å². The van der Waals surface area contributed by atoms with Gasteiger partial charge in [-0.05, 0) is 42.8 Å². The Morgan fingerprint density at radius 1 is 1.04 bits per heavy atom. The van der Waals surface area contributed by atoms with E-state index in [4.69, 9.17) is 0 Å². The van der Waals surface area contributed by atoms with Crippen molar-refractivity contribution in [3.8, 4) is 11.3 Å². The number of anilines is 2. The lowest BCUT2D eigenvalue weighted by atomic mass is 10.1. The van der Waals surface area contributed by atoms with E-state index in [2.05, 4.69) is 15.6 Å². The number of carbonyl (C=O) groups is 1. The van der Waals surface area contributed by atoms with E-state index >= 15 is 0 Å². The first-order valence-electron chi connectivity index (χ1n) is 8.57. The number of aromatic nitrogens is 2. The molecule has 7 heteroatoms. The Labute approximate surface area is 159 Å². The van der Waals surface area contributed by atoms with Crippen LogP contribution in [0.4, 0.5) is 25.0 Å². The summed E-state index contributed by atoms with van der Waals surface area (Å²) in [6.45, 7) is 1.99. The zero-order valence-electron chi connectivity index (χ0n) is 14.9. The Kier molecular flexibility index (Phi) is 4.49. The Bertz CT molecular complexity index is 1190. The minimum atomic E-state index is -0.844. The van der Waals surface area contributed by atoms with E-state index in [-0.39, 0.29) is 5.69 Å². The van der Waals surface area contributed by atoms with Crippen molar-refractivity contribution < 1.29 is 13.6 Å². The SMILES string of the molecule is Cc1cccn2cc(-c3cccc(NC(=O)Nc4ccc(F)cc4F)c3)nc12. The molecule has 4 rings (SSSR count). The molecule has 0 aliphatic carbocycles. The quantitative estimate of drug-likeness (QED) is 0.513. The van der Waals surface area contributed by atoms with Gasteiger partial charge in [-0.25, -0.2) is 18.6 Å². The smallest absolute Gasteiger partial charge is 0.308 e. The fourth-order valence-electron chi connectivity index (χ4n) is 2.92. The van der Waals surface area contributed by atoms with Crippen LogP contribution < -0.4 is 10.6 Å². The molecule has 0 aliphatic rings. The lowest BCUT2D eigenvalue weighted by Gasteiger charge is -2.09. The van der Waals surface area contributed by atoms with Gasteiger partial charge in [-0.15, -0.1) is 0 Å². The fourth-order valence-corrected chi connectivity index (χ4v) is 2.92. The monoisotopic (exact) mass is 378 g/mol. The average Bonchev–Trinajstić information content (AvgIpc) is 3.10. The number of hydrogen-bond donors (Lipinski definition) is 2. The van der Waals surface area contributed by atoms with Gasteiger partial charge in [0, 0.05) is 29.7 Å². The highest BCUT2D eigenvalue weighted by atomic mass is 19.1. The summed E-state index contributed by atoms with van der Waals surface area (Å²) >= 11 is 0. The molecule has 0 saturated carbocycles. The van der Waals surface area contributed by atoms with E-state index in [0.29, 0.717) is 11.8 Å². The van der Waals surface area contributed by atoms with Crippen LogP contribution in [-0.4, -0.2) is 15.4 Å². The van der Waals surface area contributed by atoms with Crippen LogP contribution in [0.1, 0.15) is 5.56 Å². The normalized spacial score (nSPS) is 10.8. The molecular formula is C21H16F2N4O. The number of urea groups is 1. The van der Waals surface area contributed by atoms with Crippen LogP contribution in [0.15, 0.2) is 67.0 Å². The number of benzene rings is 2. The topological polar surface area (TPSA) is 58.4 Å². The minimum Gasteiger partial charge on any atom is -0.308 e. The highest BCUT2D eigenvalue weighted by molar-refractivity contribution is 6.00. The van der Waals surface area contributed by atoms with Crippen molar-refractivity contribution in [2.45, 2.75) is 6.92 Å². The summed E-state index contributed by atoms with van der Waals surface area (Å²) in [6.07, 6.45) is 3.83. The van der Waals surface area contributed by atoms with Gasteiger partial charge in [0.1, 0.15) is 17.3 Å². The Hall–Kier alpha value is -3.74. The molecule has 2 N–H and O–H groups in total. The first kappa shape index (κ1) is 17.7. The third-order valence-electron chi connectivity index (χ3n) is 4.27. The molecule has 2 aromatic heterocycles. The Morgan fingerprint density at radius 2 is 1.89 bits per heavy atom. The van der Waals surface area contributed by atoms with Crippen molar-refractivity contribution >= 4 is 23.1 Å². The molecule has 0 saturated heterocycles. The molecule has 0 fully saturated rings. The molecule has 0 bridgehead atoms. The average molecular weight is 378 g/mol. The summed E-state index contributed by atoms with van der Waals surface area (Å²) in [5.74, 6) is -1.55. The van der Waals surface area contributed by atoms with Gasteiger partial charge in [-0.2, -0.15) is 0 Å². The number of halogens is 2. The van der Waals surface area contributed by atoms with Crippen LogP contribution in [-0.2, 0) is 0 Å². The van der Waals surface area contributed by atoms with E-state index in [1.54, 1.807) is 18.2 Å². The summed E-state index contributed by atoms with van der Waals surface area (Å²) in [5.41, 5.74) is 3.93. The fraction of sp³-hybridized carbons (Fsp3) is 0.0476. The highest BCUT2D eigenvalue weighted by Gasteiger charge is 2.10. The number of fused-ring (bicyclic) bond motifs is 1.